The zero-order valence-corrected chi connectivity index (χ0v) is 14.0. The Labute approximate surface area is 129 Å². The van der Waals surface area contributed by atoms with Crippen molar-refractivity contribution in [1.29, 1.82) is 0 Å². The first-order chi connectivity index (χ1) is 9.99. The van der Waals surface area contributed by atoms with Crippen LogP contribution in [0.15, 0.2) is 24.3 Å². The largest absolute Gasteiger partial charge is 0.378 e. The molecule has 0 saturated heterocycles. The van der Waals surface area contributed by atoms with Crippen LogP contribution in [0.1, 0.15) is 26.3 Å². The number of anilines is 1. The molecule has 1 aromatic carbocycles. The van der Waals surface area contributed by atoms with E-state index < -0.39 is 0 Å². The Kier molecular flexibility index (Phi) is 7.23. The van der Waals surface area contributed by atoms with Crippen LogP contribution in [-0.2, 0) is 11.3 Å². The molecule has 21 heavy (non-hydrogen) atoms. The number of nitrogens with zero attached hydrogens (tertiary/aromatic N) is 2. The first-order valence-corrected chi connectivity index (χ1v) is 7.75. The topological polar surface area (TPSA) is 35.6 Å². The molecule has 0 aliphatic rings. The Morgan fingerprint density at radius 2 is 1.81 bits per heavy atom. The van der Waals surface area contributed by atoms with E-state index in [1.165, 1.54) is 11.3 Å². The van der Waals surface area contributed by atoms with E-state index in [0.29, 0.717) is 6.54 Å². The predicted octanol–water partition coefficient (Wildman–Crippen LogP) is 2.35. The number of hydrogen-bond acceptors (Lipinski definition) is 3. The minimum absolute atomic E-state index is 0.0194. The van der Waals surface area contributed by atoms with Gasteiger partial charge in [0, 0.05) is 45.3 Å². The molecule has 1 N–H and O–H groups in total. The lowest BCUT2D eigenvalue weighted by Gasteiger charge is -2.25. The minimum atomic E-state index is 0.0194. The maximum atomic E-state index is 12.4. The summed E-state index contributed by atoms with van der Waals surface area (Å²) < 4.78 is 0. The second kappa shape index (κ2) is 8.67. The summed E-state index contributed by atoms with van der Waals surface area (Å²) in [5, 5.41) is 3.24. The van der Waals surface area contributed by atoms with Crippen LogP contribution in [0.3, 0.4) is 0 Å². The highest BCUT2D eigenvalue weighted by Crippen LogP contribution is 2.14. The molecule has 0 fully saturated rings. The van der Waals surface area contributed by atoms with Crippen LogP contribution >= 0.6 is 0 Å². The molecule has 1 rings (SSSR count). The molecule has 0 heterocycles. The standard InChI is InChI=1S/C17H29N3O/c1-6-18-12-14(3)17(21)20(7-2)13-15-8-10-16(11-9-15)19(4)5/h8-11,14,18H,6-7,12-13H2,1-5H3. The third kappa shape index (κ3) is 5.38. The van der Waals surface area contributed by atoms with Gasteiger partial charge in [0.05, 0.1) is 0 Å². The Bertz CT molecular complexity index is 428. The molecule has 4 heteroatoms. The van der Waals surface area contributed by atoms with E-state index in [4.69, 9.17) is 0 Å². The monoisotopic (exact) mass is 291 g/mol. The number of amides is 1. The predicted molar refractivity (Wildman–Crippen MR) is 89.6 cm³/mol. The van der Waals surface area contributed by atoms with Gasteiger partial charge >= 0.3 is 0 Å². The van der Waals surface area contributed by atoms with E-state index in [1.54, 1.807) is 0 Å². The van der Waals surface area contributed by atoms with Gasteiger partial charge in [-0.1, -0.05) is 26.0 Å². The summed E-state index contributed by atoms with van der Waals surface area (Å²) >= 11 is 0. The van der Waals surface area contributed by atoms with Crippen molar-refractivity contribution in [3.8, 4) is 0 Å². The molecule has 0 spiro atoms. The van der Waals surface area contributed by atoms with Gasteiger partial charge in [0.25, 0.3) is 0 Å². The molecule has 1 amide bonds. The molecule has 1 atom stereocenters. The highest BCUT2D eigenvalue weighted by molar-refractivity contribution is 5.78. The van der Waals surface area contributed by atoms with Gasteiger partial charge in [-0.3, -0.25) is 4.79 Å². The summed E-state index contributed by atoms with van der Waals surface area (Å²) in [4.78, 5) is 16.4. The second-order valence-corrected chi connectivity index (χ2v) is 5.62. The minimum Gasteiger partial charge on any atom is -0.378 e. The van der Waals surface area contributed by atoms with Crippen LogP contribution in [-0.4, -0.2) is 44.5 Å². The number of hydrogen-bond donors (Lipinski definition) is 1. The van der Waals surface area contributed by atoms with Gasteiger partial charge in [-0.2, -0.15) is 0 Å². The van der Waals surface area contributed by atoms with Crippen molar-refractivity contribution in [3.63, 3.8) is 0 Å². The van der Waals surface area contributed by atoms with E-state index in [9.17, 15) is 4.79 Å². The third-order valence-electron chi connectivity index (χ3n) is 3.64. The van der Waals surface area contributed by atoms with Crippen LogP contribution in [0, 0.1) is 5.92 Å². The highest BCUT2D eigenvalue weighted by Gasteiger charge is 2.18. The first kappa shape index (κ1) is 17.5. The van der Waals surface area contributed by atoms with E-state index in [2.05, 4.69) is 41.4 Å². The molecule has 4 nitrogen and oxygen atoms in total. The van der Waals surface area contributed by atoms with Crippen molar-refractivity contribution in [3.05, 3.63) is 29.8 Å². The lowest BCUT2D eigenvalue weighted by Crippen LogP contribution is -2.38. The Hall–Kier alpha value is -1.55. The molecular formula is C17H29N3O. The van der Waals surface area contributed by atoms with E-state index in [-0.39, 0.29) is 11.8 Å². The number of carbonyl (C=O) groups is 1. The fraction of sp³-hybridized carbons (Fsp3) is 0.588. The van der Waals surface area contributed by atoms with Crippen molar-refractivity contribution >= 4 is 11.6 Å². The van der Waals surface area contributed by atoms with Crippen LogP contribution < -0.4 is 10.2 Å². The van der Waals surface area contributed by atoms with Gasteiger partial charge in [-0.25, -0.2) is 0 Å². The molecule has 0 radical (unpaired) electrons. The van der Waals surface area contributed by atoms with Crippen molar-refractivity contribution in [2.75, 3.05) is 38.6 Å². The summed E-state index contributed by atoms with van der Waals surface area (Å²) in [6.07, 6.45) is 0. The Morgan fingerprint density at radius 1 is 1.19 bits per heavy atom. The lowest BCUT2D eigenvalue weighted by molar-refractivity contribution is -0.135. The lowest BCUT2D eigenvalue weighted by atomic mass is 10.1. The number of carbonyl (C=O) groups excluding carboxylic acids is 1. The van der Waals surface area contributed by atoms with Gasteiger partial charge in [0.15, 0.2) is 0 Å². The van der Waals surface area contributed by atoms with Crippen LogP contribution in [0.2, 0.25) is 0 Å². The quantitative estimate of drug-likeness (QED) is 0.798. The van der Waals surface area contributed by atoms with Gasteiger partial charge < -0.3 is 15.1 Å². The van der Waals surface area contributed by atoms with Crippen LogP contribution in [0.25, 0.3) is 0 Å². The van der Waals surface area contributed by atoms with Crippen molar-refractivity contribution in [1.82, 2.24) is 10.2 Å². The van der Waals surface area contributed by atoms with E-state index >= 15 is 0 Å². The van der Waals surface area contributed by atoms with Crippen molar-refractivity contribution in [2.45, 2.75) is 27.3 Å². The molecule has 0 saturated carbocycles. The van der Waals surface area contributed by atoms with Gasteiger partial charge in [-0.15, -0.1) is 0 Å². The van der Waals surface area contributed by atoms with Crippen LogP contribution in [0.5, 0.6) is 0 Å². The molecule has 0 aliphatic carbocycles. The van der Waals surface area contributed by atoms with E-state index in [0.717, 1.165) is 19.6 Å². The highest BCUT2D eigenvalue weighted by atomic mass is 16.2. The Balaban J connectivity index is 2.66. The van der Waals surface area contributed by atoms with Crippen molar-refractivity contribution < 1.29 is 4.79 Å². The molecular weight excluding hydrogens is 262 g/mol. The zero-order chi connectivity index (χ0) is 15.8. The summed E-state index contributed by atoms with van der Waals surface area (Å²) in [6.45, 7) is 9.14. The SMILES string of the molecule is CCNCC(C)C(=O)N(CC)Cc1ccc(N(C)C)cc1. The average molecular weight is 291 g/mol. The van der Waals surface area contributed by atoms with Gasteiger partial charge in [-0.05, 0) is 31.2 Å². The first-order valence-electron chi connectivity index (χ1n) is 7.75. The van der Waals surface area contributed by atoms with Crippen molar-refractivity contribution in [2.24, 2.45) is 5.92 Å². The number of rotatable bonds is 8. The molecule has 118 valence electrons. The van der Waals surface area contributed by atoms with Gasteiger partial charge in [0.2, 0.25) is 5.91 Å². The summed E-state index contributed by atoms with van der Waals surface area (Å²) in [5.41, 5.74) is 2.35. The fourth-order valence-electron chi connectivity index (χ4n) is 2.23. The Morgan fingerprint density at radius 3 is 2.29 bits per heavy atom. The fourth-order valence-corrected chi connectivity index (χ4v) is 2.23. The number of nitrogens with one attached hydrogen (secondary N) is 1. The van der Waals surface area contributed by atoms with E-state index in [1.807, 2.05) is 32.8 Å². The molecule has 1 unspecified atom stereocenters. The number of benzene rings is 1. The third-order valence-corrected chi connectivity index (χ3v) is 3.64. The summed E-state index contributed by atoms with van der Waals surface area (Å²) in [7, 11) is 4.05. The average Bonchev–Trinajstić information content (AvgIpc) is 2.49. The summed E-state index contributed by atoms with van der Waals surface area (Å²) in [5.74, 6) is 0.237. The molecule has 0 aromatic heterocycles. The molecule has 0 aliphatic heterocycles. The molecule has 1 aromatic rings. The second-order valence-electron chi connectivity index (χ2n) is 5.62. The summed E-state index contributed by atoms with van der Waals surface area (Å²) in [6, 6.07) is 8.38. The maximum absolute atomic E-state index is 12.4. The molecule has 0 bridgehead atoms. The van der Waals surface area contributed by atoms with Crippen LogP contribution in [0.4, 0.5) is 5.69 Å². The maximum Gasteiger partial charge on any atom is 0.226 e. The normalized spacial score (nSPS) is 12.0. The van der Waals surface area contributed by atoms with Gasteiger partial charge in [0.1, 0.15) is 0 Å². The smallest absolute Gasteiger partial charge is 0.226 e. The zero-order valence-electron chi connectivity index (χ0n) is 14.0.